The third-order valence-electron chi connectivity index (χ3n) is 4.01. The van der Waals surface area contributed by atoms with Crippen molar-refractivity contribution in [2.75, 3.05) is 0 Å². The number of hydrogen-bond donors (Lipinski definition) is 0. The molecule has 1 atom stereocenters. The van der Waals surface area contributed by atoms with Crippen molar-refractivity contribution in [1.82, 2.24) is 0 Å². The molecule has 1 heteroatoms. The molecule has 0 rings (SSSR count). The summed E-state index contributed by atoms with van der Waals surface area (Å²) in [5.74, 6) is 1.09. The number of rotatable bonds is 13. The third-order valence-corrected chi connectivity index (χ3v) is 5.16. The van der Waals surface area contributed by atoms with E-state index < -0.39 is 0 Å². The fourth-order valence-corrected chi connectivity index (χ4v) is 3.44. The summed E-state index contributed by atoms with van der Waals surface area (Å²) in [6.45, 7) is 4.61. The lowest BCUT2D eigenvalue weighted by Gasteiger charge is -2.14. The lowest BCUT2D eigenvalue weighted by Crippen LogP contribution is -2.00. The Hall–Kier alpha value is 0.532. The topological polar surface area (TPSA) is 0 Å². The first kappa shape index (κ1) is 17.5. The summed E-state index contributed by atoms with van der Waals surface area (Å²) in [4.78, 5) is 0. The molecule has 0 aliphatic heterocycles. The lowest BCUT2D eigenvalue weighted by molar-refractivity contribution is 0.434. The minimum Gasteiger partial charge on any atom is -0.0985 e. The molecule has 0 radical (unpaired) electrons. The average molecular weight is 254 g/mol. The van der Waals surface area contributed by atoms with Gasteiger partial charge in [-0.1, -0.05) is 102 Å². The summed E-state index contributed by atoms with van der Waals surface area (Å²) in [5.41, 5.74) is 0. The van der Waals surface area contributed by atoms with Crippen LogP contribution in [0.5, 0.6) is 0 Å². The Morgan fingerprint density at radius 1 is 0.647 bits per heavy atom. The van der Waals surface area contributed by atoms with Crippen molar-refractivity contribution in [1.29, 1.82) is 0 Å². The Bertz CT molecular complexity index is 133. The van der Waals surface area contributed by atoms with Gasteiger partial charge in [-0.2, -0.15) is 0 Å². The van der Waals surface area contributed by atoms with E-state index >= 15 is 0 Å². The van der Waals surface area contributed by atoms with E-state index in [0.29, 0.717) is 0 Å². The largest absolute Gasteiger partial charge is 0.212 e. The van der Waals surface area contributed by atoms with Crippen LogP contribution in [0.25, 0.3) is 0 Å². The highest BCUT2D eigenvalue weighted by molar-refractivity contribution is 6.08. The van der Waals surface area contributed by atoms with E-state index in [0.717, 1.165) is 5.92 Å². The van der Waals surface area contributed by atoms with Crippen LogP contribution < -0.4 is 0 Å². The van der Waals surface area contributed by atoms with E-state index in [1.165, 1.54) is 93.3 Å². The lowest BCUT2D eigenvalue weighted by atomic mass is 9.96. The normalized spacial score (nSPS) is 12.8. The van der Waals surface area contributed by atoms with Gasteiger partial charge in [0, 0.05) is 0 Å². The molecule has 0 aliphatic carbocycles. The predicted molar refractivity (Wildman–Crippen MR) is 83.6 cm³/mol. The van der Waals surface area contributed by atoms with Crippen LogP contribution in [0, 0.1) is 5.92 Å². The van der Waals surface area contributed by atoms with Gasteiger partial charge in [0.25, 0.3) is 0 Å². The Morgan fingerprint density at radius 3 is 1.53 bits per heavy atom. The molecule has 0 spiro atoms. The van der Waals surface area contributed by atoms with E-state index in [-0.39, 0.29) is 0 Å². The van der Waals surface area contributed by atoms with E-state index in [4.69, 9.17) is 0 Å². The van der Waals surface area contributed by atoms with Gasteiger partial charge >= 0.3 is 0 Å². The highest BCUT2D eigenvalue weighted by atomic mass is 27.0. The first-order valence-corrected chi connectivity index (χ1v) is 9.76. The maximum Gasteiger partial charge on any atom is 0.212 e. The molecule has 0 nitrogen and oxygen atoms in total. The average Bonchev–Trinajstić information content (AvgIpc) is 2.36. The summed E-state index contributed by atoms with van der Waals surface area (Å²) >= 11 is 1.41. The second-order valence-electron chi connectivity index (χ2n) is 5.68. The molecule has 0 saturated heterocycles. The Balaban J connectivity index is 3.28. The van der Waals surface area contributed by atoms with E-state index in [1.54, 1.807) is 5.28 Å². The smallest absolute Gasteiger partial charge is 0.0985 e. The molecule has 0 saturated carbocycles. The molecule has 1 unspecified atom stereocenters. The number of unbranched alkanes of at least 4 members (excludes halogenated alkanes) is 8. The van der Waals surface area contributed by atoms with Gasteiger partial charge in [0.1, 0.15) is 0 Å². The van der Waals surface area contributed by atoms with Crippen LogP contribution in [0.2, 0.25) is 5.28 Å². The molecule has 0 N–H and O–H groups in total. The van der Waals surface area contributed by atoms with Crippen molar-refractivity contribution >= 4 is 16.3 Å². The SMILES string of the molecule is CCCCCCCCC([CH2][AlH2])CCCCCC. The zero-order valence-corrected chi connectivity index (χ0v) is 14.8. The molecular formula is C16H35Al. The van der Waals surface area contributed by atoms with E-state index in [1.807, 2.05) is 0 Å². The molecule has 0 aromatic heterocycles. The monoisotopic (exact) mass is 254 g/mol. The van der Waals surface area contributed by atoms with E-state index in [2.05, 4.69) is 13.8 Å². The second-order valence-corrected chi connectivity index (χ2v) is 6.50. The fourth-order valence-electron chi connectivity index (χ4n) is 2.63. The molecule has 0 heterocycles. The molecule has 0 aromatic carbocycles. The van der Waals surface area contributed by atoms with Crippen molar-refractivity contribution < 1.29 is 0 Å². The van der Waals surface area contributed by atoms with Gasteiger partial charge in [0.15, 0.2) is 0 Å². The molecule has 0 fully saturated rings. The summed E-state index contributed by atoms with van der Waals surface area (Å²) < 4.78 is 0. The van der Waals surface area contributed by atoms with Crippen LogP contribution in [0.15, 0.2) is 0 Å². The van der Waals surface area contributed by atoms with Crippen molar-refractivity contribution in [3.63, 3.8) is 0 Å². The van der Waals surface area contributed by atoms with Gasteiger partial charge in [-0.3, -0.25) is 0 Å². The minimum absolute atomic E-state index is 1.09. The Labute approximate surface area is 118 Å². The van der Waals surface area contributed by atoms with Gasteiger partial charge in [0.2, 0.25) is 16.3 Å². The quantitative estimate of drug-likeness (QED) is 0.306. The Morgan fingerprint density at radius 2 is 1.06 bits per heavy atom. The zero-order valence-electron chi connectivity index (χ0n) is 12.8. The fraction of sp³-hybridized carbons (Fsp3) is 1.00. The highest BCUT2D eigenvalue weighted by Crippen LogP contribution is 2.20. The summed E-state index contributed by atoms with van der Waals surface area (Å²) in [7, 11) is 0. The first-order chi connectivity index (χ1) is 8.35. The van der Waals surface area contributed by atoms with Crippen molar-refractivity contribution in [3.8, 4) is 0 Å². The summed E-state index contributed by atoms with van der Waals surface area (Å²) in [5, 5.41) is 1.54. The summed E-state index contributed by atoms with van der Waals surface area (Å²) in [6, 6.07) is 0. The van der Waals surface area contributed by atoms with E-state index in [9.17, 15) is 0 Å². The molecular weight excluding hydrogens is 219 g/mol. The highest BCUT2D eigenvalue weighted by Gasteiger charge is 2.05. The molecule has 17 heavy (non-hydrogen) atoms. The maximum atomic E-state index is 2.31. The van der Waals surface area contributed by atoms with Crippen molar-refractivity contribution in [3.05, 3.63) is 0 Å². The molecule has 0 aromatic rings. The van der Waals surface area contributed by atoms with Gasteiger partial charge in [0.05, 0.1) is 0 Å². The van der Waals surface area contributed by atoms with Crippen LogP contribution in [0.3, 0.4) is 0 Å². The van der Waals surface area contributed by atoms with Gasteiger partial charge < -0.3 is 0 Å². The third kappa shape index (κ3) is 12.8. The first-order valence-electron chi connectivity index (χ1n) is 8.35. The minimum atomic E-state index is 1.09. The van der Waals surface area contributed by atoms with Crippen molar-refractivity contribution in [2.45, 2.75) is 96.2 Å². The zero-order chi connectivity index (χ0) is 12.8. The Kier molecular flexibility index (Phi) is 15.1. The standard InChI is InChI=1S/C16H33.Al.2H/c1-4-6-8-10-11-13-15-16(3)14-12-9-7-5-2;;;/h16H,3-15H2,1-2H3;;;. The van der Waals surface area contributed by atoms with Gasteiger partial charge in [-0.25, -0.2) is 0 Å². The molecule has 0 amide bonds. The molecule has 0 aliphatic rings. The van der Waals surface area contributed by atoms with Crippen LogP contribution >= 0.6 is 0 Å². The van der Waals surface area contributed by atoms with Gasteiger partial charge in [-0.05, 0) is 0 Å². The van der Waals surface area contributed by atoms with Crippen LogP contribution in [-0.2, 0) is 0 Å². The number of hydrogen-bond acceptors (Lipinski definition) is 0. The molecule has 0 bridgehead atoms. The van der Waals surface area contributed by atoms with Crippen LogP contribution in [0.4, 0.5) is 0 Å². The maximum absolute atomic E-state index is 2.31. The van der Waals surface area contributed by atoms with Crippen LogP contribution in [-0.4, -0.2) is 16.3 Å². The van der Waals surface area contributed by atoms with Gasteiger partial charge in [-0.15, -0.1) is 0 Å². The molecule has 102 valence electrons. The summed E-state index contributed by atoms with van der Waals surface area (Å²) in [6.07, 6.45) is 17.6. The second kappa shape index (κ2) is 14.6. The van der Waals surface area contributed by atoms with Crippen molar-refractivity contribution in [2.24, 2.45) is 5.92 Å². The predicted octanol–water partition coefficient (Wildman–Crippen LogP) is 5.38. The van der Waals surface area contributed by atoms with Crippen LogP contribution in [0.1, 0.15) is 90.9 Å².